The molecule has 0 saturated heterocycles. The van der Waals surface area contributed by atoms with Crippen molar-refractivity contribution >= 4 is 23.2 Å². The van der Waals surface area contributed by atoms with Crippen LogP contribution >= 0.6 is 23.2 Å². The molecule has 1 nitrogen and oxygen atoms in total. The van der Waals surface area contributed by atoms with Crippen LogP contribution in [0.1, 0.15) is 30.4 Å². The van der Waals surface area contributed by atoms with Crippen molar-refractivity contribution < 1.29 is 4.74 Å². The van der Waals surface area contributed by atoms with E-state index in [1.165, 1.54) is 0 Å². The van der Waals surface area contributed by atoms with Crippen LogP contribution in [0.5, 0.6) is 5.75 Å². The quantitative estimate of drug-likeness (QED) is 0.681. The normalized spacial score (nSPS) is 12.5. The van der Waals surface area contributed by atoms with Crippen LogP contribution in [0, 0.1) is 0 Å². The Balaban J connectivity index is 2.17. The zero-order valence-corrected chi connectivity index (χ0v) is 12.4. The Hall–Kier alpha value is -1.18. The van der Waals surface area contributed by atoms with Gasteiger partial charge in [0.1, 0.15) is 5.75 Å². The van der Waals surface area contributed by atoms with Crippen molar-refractivity contribution in [1.29, 1.82) is 0 Å². The minimum absolute atomic E-state index is 0.172. The molecule has 3 heteroatoms. The van der Waals surface area contributed by atoms with E-state index in [1.54, 1.807) is 0 Å². The van der Waals surface area contributed by atoms with E-state index in [9.17, 15) is 0 Å². The molecule has 0 N–H and O–H groups in total. The minimum Gasteiger partial charge on any atom is -0.491 e. The molecule has 0 aliphatic carbocycles. The Kier molecular flexibility index (Phi) is 4.73. The smallest absolute Gasteiger partial charge is 0.119 e. The maximum absolute atomic E-state index is 6.46. The molecule has 100 valence electrons. The highest BCUT2D eigenvalue weighted by molar-refractivity contribution is 6.30. The van der Waals surface area contributed by atoms with E-state index >= 15 is 0 Å². The number of rotatable bonds is 4. The van der Waals surface area contributed by atoms with Gasteiger partial charge in [-0.3, -0.25) is 0 Å². The van der Waals surface area contributed by atoms with Crippen LogP contribution in [0.3, 0.4) is 0 Å². The molecule has 0 bridgehead atoms. The average Bonchev–Trinajstić information content (AvgIpc) is 2.38. The highest BCUT2D eigenvalue weighted by Crippen LogP contribution is 2.31. The first-order valence-electron chi connectivity index (χ1n) is 6.22. The molecular weight excluding hydrogens is 279 g/mol. The van der Waals surface area contributed by atoms with Crippen LogP contribution < -0.4 is 4.74 Å². The zero-order chi connectivity index (χ0) is 13.8. The van der Waals surface area contributed by atoms with Gasteiger partial charge in [0.2, 0.25) is 0 Å². The third-order valence-corrected chi connectivity index (χ3v) is 3.42. The van der Waals surface area contributed by atoms with E-state index < -0.39 is 0 Å². The van der Waals surface area contributed by atoms with Crippen molar-refractivity contribution in [3.63, 3.8) is 0 Å². The second-order valence-corrected chi connectivity index (χ2v) is 5.53. The Labute approximate surface area is 124 Å². The van der Waals surface area contributed by atoms with Crippen molar-refractivity contribution in [3.05, 3.63) is 64.7 Å². The minimum atomic E-state index is -0.202. The zero-order valence-electron chi connectivity index (χ0n) is 10.9. The summed E-state index contributed by atoms with van der Waals surface area (Å²) in [6.45, 7) is 4.01. The van der Waals surface area contributed by atoms with E-state index in [4.69, 9.17) is 27.9 Å². The van der Waals surface area contributed by atoms with Crippen molar-refractivity contribution in [3.8, 4) is 5.75 Å². The van der Waals surface area contributed by atoms with E-state index in [2.05, 4.69) is 0 Å². The number of hydrogen-bond donors (Lipinski definition) is 0. The first kappa shape index (κ1) is 14.2. The maximum atomic E-state index is 6.46. The van der Waals surface area contributed by atoms with Gasteiger partial charge < -0.3 is 4.74 Å². The van der Waals surface area contributed by atoms with E-state index in [0.29, 0.717) is 5.02 Å². The topological polar surface area (TPSA) is 9.23 Å². The lowest BCUT2D eigenvalue weighted by Gasteiger charge is -2.13. The number of halogens is 2. The molecular formula is C16H16Cl2O. The van der Waals surface area contributed by atoms with Gasteiger partial charge in [-0.2, -0.15) is 0 Å². The first-order chi connectivity index (χ1) is 9.06. The third-order valence-electron chi connectivity index (χ3n) is 2.69. The molecule has 0 fully saturated rings. The average molecular weight is 295 g/mol. The number of alkyl halides is 1. The summed E-state index contributed by atoms with van der Waals surface area (Å²) in [7, 11) is 0. The lowest BCUT2D eigenvalue weighted by Crippen LogP contribution is -2.05. The fraction of sp³-hybridized carbons (Fsp3) is 0.250. The largest absolute Gasteiger partial charge is 0.491 e. The molecule has 0 saturated carbocycles. The second-order valence-electron chi connectivity index (χ2n) is 4.65. The fourth-order valence-electron chi connectivity index (χ4n) is 1.84. The summed E-state index contributed by atoms with van der Waals surface area (Å²) >= 11 is 12.4. The van der Waals surface area contributed by atoms with E-state index in [-0.39, 0.29) is 11.5 Å². The Morgan fingerprint density at radius 3 is 2.21 bits per heavy atom. The van der Waals surface area contributed by atoms with E-state index in [1.807, 2.05) is 62.4 Å². The Bertz CT molecular complexity index is 535. The molecule has 0 aromatic heterocycles. The number of hydrogen-bond acceptors (Lipinski definition) is 1. The molecule has 2 aromatic carbocycles. The molecule has 0 aliphatic rings. The summed E-state index contributed by atoms with van der Waals surface area (Å²) in [5, 5.41) is 0.495. The highest BCUT2D eigenvalue weighted by Gasteiger charge is 2.11. The van der Waals surface area contributed by atoms with Crippen LogP contribution in [-0.2, 0) is 0 Å². The van der Waals surface area contributed by atoms with Gasteiger partial charge in [0, 0.05) is 5.02 Å². The van der Waals surface area contributed by atoms with Crippen LogP contribution in [0.15, 0.2) is 48.5 Å². The van der Waals surface area contributed by atoms with Gasteiger partial charge in [0.05, 0.1) is 11.5 Å². The SMILES string of the molecule is CC(C)Oc1ccc(C(Cl)c2cccc(Cl)c2)cc1. The maximum Gasteiger partial charge on any atom is 0.119 e. The van der Waals surface area contributed by atoms with E-state index in [0.717, 1.165) is 16.9 Å². The summed E-state index contributed by atoms with van der Waals surface area (Å²) in [4.78, 5) is 0. The number of ether oxygens (including phenoxy) is 1. The standard InChI is InChI=1S/C16H16Cl2O/c1-11(2)19-15-8-6-12(7-9-15)16(18)13-4-3-5-14(17)10-13/h3-11,16H,1-2H3. The van der Waals surface area contributed by atoms with Crippen LogP contribution in [-0.4, -0.2) is 6.10 Å². The fourth-order valence-corrected chi connectivity index (χ4v) is 2.32. The van der Waals surface area contributed by atoms with Crippen molar-refractivity contribution in [1.82, 2.24) is 0 Å². The van der Waals surface area contributed by atoms with Gasteiger partial charge in [0.15, 0.2) is 0 Å². The highest BCUT2D eigenvalue weighted by atomic mass is 35.5. The van der Waals surface area contributed by atoms with Crippen LogP contribution in [0.4, 0.5) is 0 Å². The summed E-state index contributed by atoms with van der Waals surface area (Å²) in [6, 6.07) is 15.5. The van der Waals surface area contributed by atoms with Gasteiger partial charge in [-0.1, -0.05) is 35.9 Å². The lowest BCUT2D eigenvalue weighted by molar-refractivity contribution is 0.242. The lowest BCUT2D eigenvalue weighted by atomic mass is 10.0. The van der Waals surface area contributed by atoms with Gasteiger partial charge in [-0.25, -0.2) is 0 Å². The first-order valence-corrected chi connectivity index (χ1v) is 7.04. The Morgan fingerprint density at radius 2 is 1.63 bits per heavy atom. The summed E-state index contributed by atoms with van der Waals surface area (Å²) in [5.41, 5.74) is 2.02. The van der Waals surface area contributed by atoms with Gasteiger partial charge in [-0.15, -0.1) is 11.6 Å². The van der Waals surface area contributed by atoms with Gasteiger partial charge in [0.25, 0.3) is 0 Å². The predicted molar refractivity (Wildman–Crippen MR) is 81.4 cm³/mol. The molecule has 1 atom stereocenters. The van der Waals surface area contributed by atoms with Crippen molar-refractivity contribution in [2.24, 2.45) is 0 Å². The predicted octanol–water partition coefficient (Wildman–Crippen LogP) is 5.46. The monoisotopic (exact) mass is 294 g/mol. The molecule has 0 aliphatic heterocycles. The molecule has 0 amide bonds. The van der Waals surface area contributed by atoms with Gasteiger partial charge in [-0.05, 0) is 49.2 Å². The molecule has 2 aromatic rings. The van der Waals surface area contributed by atoms with Crippen molar-refractivity contribution in [2.75, 3.05) is 0 Å². The molecule has 19 heavy (non-hydrogen) atoms. The summed E-state index contributed by atoms with van der Waals surface area (Å²) in [5.74, 6) is 0.855. The third kappa shape index (κ3) is 3.89. The molecule has 2 rings (SSSR count). The number of benzene rings is 2. The molecule has 0 heterocycles. The van der Waals surface area contributed by atoms with Crippen LogP contribution in [0.25, 0.3) is 0 Å². The second kappa shape index (κ2) is 6.31. The van der Waals surface area contributed by atoms with Crippen LogP contribution in [0.2, 0.25) is 5.02 Å². The van der Waals surface area contributed by atoms with Gasteiger partial charge >= 0.3 is 0 Å². The molecule has 0 radical (unpaired) electrons. The molecule has 0 spiro atoms. The summed E-state index contributed by atoms with van der Waals surface area (Å²) in [6.07, 6.45) is 0.172. The van der Waals surface area contributed by atoms with Crippen molar-refractivity contribution in [2.45, 2.75) is 25.3 Å². The molecule has 1 unspecified atom stereocenters. The Morgan fingerprint density at radius 1 is 0.947 bits per heavy atom. The summed E-state index contributed by atoms with van der Waals surface area (Å²) < 4.78 is 5.61.